The van der Waals surface area contributed by atoms with Gasteiger partial charge in [-0.15, -0.1) is 4.57 Å². The summed E-state index contributed by atoms with van der Waals surface area (Å²) in [5.41, 5.74) is 1.05. The number of aromatic nitrogens is 2. The Hall–Kier alpha value is -3.25. The highest BCUT2D eigenvalue weighted by molar-refractivity contribution is 6.30. The van der Waals surface area contributed by atoms with E-state index in [4.69, 9.17) is 26.0 Å². The summed E-state index contributed by atoms with van der Waals surface area (Å²) in [5, 5.41) is 8.90. The van der Waals surface area contributed by atoms with E-state index < -0.39 is 5.56 Å². The van der Waals surface area contributed by atoms with Gasteiger partial charge in [0.05, 0.1) is 5.22 Å². The quantitative estimate of drug-likeness (QED) is 0.576. The van der Waals surface area contributed by atoms with Crippen LogP contribution < -0.4 is 21.7 Å². The standard InChI is InChI=1S/C18H12ClN3O3/c1-10-7-16-21-18(23)14(17(20)22(16)25-10)9-13-5-6-15(24-13)11-3-2-4-12(19)8-11/h2-9,20H,1H2,(H,21,23)/b14-9-,20-17?. The molecule has 2 N–H and O–H groups in total. The number of nitrogens with zero attached hydrogens (tertiary/aromatic N) is 1. The zero-order valence-corrected chi connectivity index (χ0v) is 13.6. The van der Waals surface area contributed by atoms with E-state index in [9.17, 15) is 4.79 Å². The molecule has 0 saturated carbocycles. The molecular formula is C18H12ClN3O3. The summed E-state index contributed by atoms with van der Waals surface area (Å²) in [6.45, 7) is 3.65. The Balaban J connectivity index is 1.87. The monoisotopic (exact) mass is 353 g/mol. The maximum absolute atomic E-state index is 12.2. The molecule has 0 aliphatic carbocycles. The van der Waals surface area contributed by atoms with Gasteiger partial charge in [0, 0.05) is 16.7 Å². The highest BCUT2D eigenvalue weighted by Crippen LogP contribution is 2.24. The fraction of sp³-hybridized carbons (Fsp3) is 0. The minimum absolute atomic E-state index is 0.0886. The lowest BCUT2D eigenvalue weighted by Gasteiger charge is -1.97. The van der Waals surface area contributed by atoms with E-state index in [2.05, 4.69) is 11.6 Å². The van der Waals surface area contributed by atoms with Gasteiger partial charge in [-0.25, -0.2) is 0 Å². The van der Waals surface area contributed by atoms with Gasteiger partial charge >= 0.3 is 0 Å². The van der Waals surface area contributed by atoms with Gasteiger partial charge in [-0.2, -0.15) is 0 Å². The van der Waals surface area contributed by atoms with Crippen LogP contribution in [0.15, 0.2) is 56.2 Å². The predicted molar refractivity (Wildman–Crippen MR) is 93.6 cm³/mol. The largest absolute Gasteiger partial charge is 0.457 e. The van der Waals surface area contributed by atoms with Gasteiger partial charge in [0.15, 0.2) is 16.6 Å². The fourth-order valence-electron chi connectivity index (χ4n) is 2.56. The molecule has 7 heteroatoms. The van der Waals surface area contributed by atoms with E-state index in [-0.39, 0.29) is 10.7 Å². The van der Waals surface area contributed by atoms with Crippen LogP contribution in [-0.4, -0.2) is 9.56 Å². The maximum Gasteiger partial charge on any atom is 0.260 e. The number of fused-ring (bicyclic) bond motifs is 1. The Morgan fingerprint density at radius 2 is 2.08 bits per heavy atom. The van der Waals surface area contributed by atoms with Gasteiger partial charge in [0.1, 0.15) is 11.5 Å². The van der Waals surface area contributed by atoms with Crippen LogP contribution in [0.25, 0.3) is 29.6 Å². The molecule has 0 unspecified atom stereocenters. The molecule has 0 amide bonds. The molecule has 0 aliphatic rings. The summed E-state index contributed by atoms with van der Waals surface area (Å²) >= 11 is 5.99. The summed E-state index contributed by atoms with van der Waals surface area (Å²) in [6.07, 6.45) is 1.49. The van der Waals surface area contributed by atoms with Crippen LogP contribution in [0.4, 0.5) is 0 Å². The Labute approximate surface area is 145 Å². The molecule has 0 saturated heterocycles. The van der Waals surface area contributed by atoms with E-state index in [0.717, 1.165) is 5.56 Å². The third-order valence-electron chi connectivity index (χ3n) is 3.69. The van der Waals surface area contributed by atoms with Gasteiger partial charge in [0.2, 0.25) is 0 Å². The third kappa shape index (κ3) is 2.72. The molecule has 0 fully saturated rings. The van der Waals surface area contributed by atoms with Gasteiger partial charge in [0.25, 0.3) is 5.56 Å². The van der Waals surface area contributed by atoms with Gasteiger partial charge in [-0.3, -0.25) is 10.2 Å². The van der Waals surface area contributed by atoms with Crippen LogP contribution in [0.1, 0.15) is 5.76 Å². The van der Waals surface area contributed by atoms with E-state index in [1.165, 1.54) is 10.6 Å². The zero-order chi connectivity index (χ0) is 17.6. The number of furan rings is 1. The van der Waals surface area contributed by atoms with Crippen LogP contribution in [-0.2, 0) is 0 Å². The molecule has 124 valence electrons. The first-order chi connectivity index (χ1) is 12.0. The second-order valence-corrected chi connectivity index (χ2v) is 5.89. The molecule has 25 heavy (non-hydrogen) atoms. The minimum atomic E-state index is -0.411. The number of benzene rings is 1. The van der Waals surface area contributed by atoms with Crippen molar-refractivity contribution in [3.8, 4) is 11.3 Å². The van der Waals surface area contributed by atoms with Crippen LogP contribution in [0.2, 0.25) is 5.02 Å². The number of hydrogen-bond acceptors (Lipinski definition) is 4. The number of hydrogen-bond donors (Lipinski definition) is 2. The average Bonchev–Trinajstić information content (AvgIpc) is 3.18. The SMILES string of the molecule is C=c1cc2[nH]c(=O)/c(=C\c3ccc(-c4cccc(Cl)c4)o3)c(=N)n2o1. The predicted octanol–water partition coefficient (Wildman–Crippen LogP) is 1.85. The van der Waals surface area contributed by atoms with Crippen LogP contribution in [0.5, 0.6) is 0 Å². The smallest absolute Gasteiger partial charge is 0.260 e. The second-order valence-electron chi connectivity index (χ2n) is 5.45. The lowest BCUT2D eigenvalue weighted by atomic mass is 10.2. The Kier molecular flexibility index (Phi) is 3.47. The Morgan fingerprint density at radius 1 is 1.24 bits per heavy atom. The molecular weight excluding hydrogens is 342 g/mol. The number of rotatable bonds is 2. The van der Waals surface area contributed by atoms with Gasteiger partial charge in [-0.05, 0) is 30.3 Å². The first-order valence-corrected chi connectivity index (χ1v) is 7.75. The normalized spacial score (nSPS) is 12.1. The topological polar surface area (TPSA) is 87.4 Å². The number of aromatic amines is 1. The highest BCUT2D eigenvalue weighted by Gasteiger charge is 2.07. The molecule has 0 atom stereocenters. The minimum Gasteiger partial charge on any atom is -0.457 e. The molecule has 0 spiro atoms. The Morgan fingerprint density at radius 3 is 2.88 bits per heavy atom. The second kappa shape index (κ2) is 5.68. The van der Waals surface area contributed by atoms with Crippen LogP contribution in [0.3, 0.4) is 0 Å². The van der Waals surface area contributed by atoms with Crippen molar-refractivity contribution in [2.75, 3.05) is 0 Å². The van der Waals surface area contributed by atoms with E-state index in [1.54, 1.807) is 30.3 Å². The first kappa shape index (κ1) is 15.3. The van der Waals surface area contributed by atoms with Crippen molar-refractivity contribution in [3.05, 3.63) is 79.7 Å². The number of H-pyrrole nitrogens is 1. The first-order valence-electron chi connectivity index (χ1n) is 7.38. The van der Waals surface area contributed by atoms with Crippen molar-refractivity contribution in [3.63, 3.8) is 0 Å². The van der Waals surface area contributed by atoms with Crippen molar-refractivity contribution >= 4 is 29.9 Å². The number of halogens is 1. The van der Waals surface area contributed by atoms with E-state index in [0.29, 0.717) is 27.6 Å². The lowest BCUT2D eigenvalue weighted by Crippen LogP contribution is -2.44. The summed E-state index contributed by atoms with van der Waals surface area (Å²) in [7, 11) is 0. The number of nitrogens with one attached hydrogen (secondary N) is 2. The fourth-order valence-corrected chi connectivity index (χ4v) is 2.75. The zero-order valence-electron chi connectivity index (χ0n) is 12.9. The summed E-state index contributed by atoms with van der Waals surface area (Å²) < 4.78 is 12.3. The van der Waals surface area contributed by atoms with Gasteiger partial charge in [-0.1, -0.05) is 30.3 Å². The molecule has 1 aromatic carbocycles. The van der Waals surface area contributed by atoms with E-state index >= 15 is 0 Å². The summed E-state index contributed by atoms with van der Waals surface area (Å²) in [6, 6.07) is 12.3. The lowest BCUT2D eigenvalue weighted by molar-refractivity contribution is 0.336. The Bertz CT molecular complexity index is 1320. The molecule has 0 radical (unpaired) electrons. The van der Waals surface area contributed by atoms with E-state index in [1.807, 2.05) is 12.1 Å². The van der Waals surface area contributed by atoms with Crippen LogP contribution >= 0.6 is 11.6 Å². The maximum atomic E-state index is 12.2. The molecule has 0 aliphatic heterocycles. The van der Waals surface area contributed by atoms with Crippen LogP contribution in [0, 0.1) is 5.41 Å². The highest BCUT2D eigenvalue weighted by atomic mass is 35.5. The third-order valence-corrected chi connectivity index (χ3v) is 3.93. The molecule has 4 rings (SSSR count). The van der Waals surface area contributed by atoms with Crippen molar-refractivity contribution in [2.45, 2.75) is 0 Å². The molecule has 6 nitrogen and oxygen atoms in total. The van der Waals surface area contributed by atoms with Crippen molar-refractivity contribution in [1.29, 1.82) is 5.41 Å². The average molecular weight is 354 g/mol. The summed E-state index contributed by atoms with van der Waals surface area (Å²) in [5.74, 6) is 1.05. The molecule has 0 bridgehead atoms. The van der Waals surface area contributed by atoms with Gasteiger partial charge < -0.3 is 13.9 Å². The van der Waals surface area contributed by atoms with Crippen molar-refractivity contribution < 1.29 is 8.94 Å². The molecule has 3 aromatic heterocycles. The van der Waals surface area contributed by atoms with Crippen molar-refractivity contribution in [1.82, 2.24) is 9.56 Å². The van der Waals surface area contributed by atoms with Crippen molar-refractivity contribution in [2.24, 2.45) is 0 Å². The molecule has 3 heterocycles. The summed E-state index contributed by atoms with van der Waals surface area (Å²) in [4.78, 5) is 14.9. The molecule has 4 aromatic rings.